The minimum atomic E-state index is -0.829. The van der Waals surface area contributed by atoms with Gasteiger partial charge in [-0.15, -0.1) is 0 Å². The van der Waals surface area contributed by atoms with Gasteiger partial charge in [-0.3, -0.25) is 4.90 Å². The van der Waals surface area contributed by atoms with Gasteiger partial charge in [0.15, 0.2) is 5.96 Å². The van der Waals surface area contributed by atoms with Crippen molar-refractivity contribution in [3.8, 4) is 0 Å². The maximum atomic E-state index is 10.8. The molecular weight excluding hydrogens is 366 g/mol. The summed E-state index contributed by atoms with van der Waals surface area (Å²) in [6.07, 6.45) is 2.35. The van der Waals surface area contributed by atoms with Gasteiger partial charge in [0.25, 0.3) is 0 Å². The van der Waals surface area contributed by atoms with Gasteiger partial charge in [-0.05, 0) is 43.9 Å². The molecule has 1 fully saturated rings. The number of aliphatic imine (C=N–C) groups is 1. The van der Waals surface area contributed by atoms with E-state index >= 15 is 0 Å². The summed E-state index contributed by atoms with van der Waals surface area (Å²) in [6, 6.07) is 6.67. The van der Waals surface area contributed by atoms with Crippen LogP contribution in [0.2, 0.25) is 0 Å². The van der Waals surface area contributed by atoms with Gasteiger partial charge in [0.05, 0.1) is 25.4 Å². The highest BCUT2D eigenvalue weighted by molar-refractivity contribution is 5.79. The Bertz CT molecular complexity index is 686. The monoisotopic (exact) mass is 403 g/mol. The molecule has 1 atom stereocenters. The highest BCUT2D eigenvalue weighted by Crippen LogP contribution is 2.26. The number of nitrogens with one attached hydrogen (secondary N) is 2. The van der Waals surface area contributed by atoms with Gasteiger partial charge in [-0.25, -0.2) is 4.99 Å². The van der Waals surface area contributed by atoms with Crippen LogP contribution in [-0.4, -0.2) is 81.1 Å². The largest absolute Gasteiger partial charge is 0.387 e. The van der Waals surface area contributed by atoms with Crippen LogP contribution in [0, 0.1) is 0 Å². The van der Waals surface area contributed by atoms with Crippen LogP contribution in [0.1, 0.15) is 31.4 Å². The van der Waals surface area contributed by atoms with E-state index in [0.29, 0.717) is 19.6 Å². The number of ether oxygens (including phenoxy) is 1. The van der Waals surface area contributed by atoms with Crippen molar-refractivity contribution in [1.29, 1.82) is 0 Å². The fraction of sp³-hybridized carbons (Fsp3) is 0.682. The van der Waals surface area contributed by atoms with Crippen molar-refractivity contribution >= 4 is 11.6 Å². The zero-order chi connectivity index (χ0) is 20.7. The number of rotatable bonds is 7. The van der Waals surface area contributed by atoms with E-state index < -0.39 is 5.60 Å². The lowest BCUT2D eigenvalue weighted by Gasteiger charge is -2.34. The Kier molecular flexibility index (Phi) is 7.75. The quantitative estimate of drug-likeness (QED) is 0.470. The average Bonchev–Trinajstić information content (AvgIpc) is 2.70. The van der Waals surface area contributed by atoms with Gasteiger partial charge >= 0.3 is 0 Å². The van der Waals surface area contributed by atoms with Gasteiger partial charge in [0, 0.05) is 52.0 Å². The molecule has 0 aliphatic carbocycles. The molecule has 7 nitrogen and oxygen atoms in total. The van der Waals surface area contributed by atoms with Crippen LogP contribution in [0.4, 0.5) is 5.69 Å². The van der Waals surface area contributed by atoms with Crippen LogP contribution < -0.4 is 15.5 Å². The second kappa shape index (κ2) is 10.3. The third-order valence-corrected chi connectivity index (χ3v) is 5.56. The molecule has 0 bridgehead atoms. The van der Waals surface area contributed by atoms with E-state index in [0.717, 1.165) is 51.8 Å². The number of fused-ring (bicyclic) bond motifs is 1. The van der Waals surface area contributed by atoms with Gasteiger partial charge in [0.1, 0.15) is 0 Å². The summed E-state index contributed by atoms with van der Waals surface area (Å²) in [6.45, 7) is 10.8. The van der Waals surface area contributed by atoms with Crippen molar-refractivity contribution in [3.05, 3.63) is 29.3 Å². The van der Waals surface area contributed by atoms with Crippen molar-refractivity contribution in [3.63, 3.8) is 0 Å². The zero-order valence-electron chi connectivity index (χ0n) is 18.2. The lowest BCUT2D eigenvalue weighted by molar-refractivity contribution is -0.0201. The standard InChI is InChI=1S/C22H37N5O2/c1-4-23-21(25-16-22(2,28)17-27-10-12-29-13-11-27)24-15-18-7-8-20-19(14-18)6-5-9-26(20)3/h7-8,14,28H,4-6,9-13,15-17H2,1-3H3,(H2,23,24,25). The van der Waals surface area contributed by atoms with Crippen molar-refractivity contribution in [2.45, 2.75) is 38.8 Å². The van der Waals surface area contributed by atoms with Crippen LogP contribution in [-0.2, 0) is 17.7 Å². The molecule has 0 saturated carbocycles. The molecule has 2 aliphatic heterocycles. The summed E-state index contributed by atoms with van der Waals surface area (Å²) in [7, 11) is 2.16. The molecule has 3 rings (SSSR count). The van der Waals surface area contributed by atoms with E-state index in [2.05, 4.69) is 52.6 Å². The smallest absolute Gasteiger partial charge is 0.191 e. The number of hydrogen-bond donors (Lipinski definition) is 3. The lowest BCUT2D eigenvalue weighted by Crippen LogP contribution is -2.52. The Hall–Kier alpha value is -1.83. The van der Waals surface area contributed by atoms with E-state index in [1.165, 1.54) is 23.2 Å². The summed E-state index contributed by atoms with van der Waals surface area (Å²) in [5.74, 6) is 0.740. The Morgan fingerprint density at radius 1 is 1.24 bits per heavy atom. The van der Waals surface area contributed by atoms with Crippen LogP contribution in [0.5, 0.6) is 0 Å². The third-order valence-electron chi connectivity index (χ3n) is 5.56. The molecule has 0 spiro atoms. The Morgan fingerprint density at radius 3 is 2.79 bits per heavy atom. The molecule has 0 amide bonds. The molecule has 0 radical (unpaired) electrons. The second-order valence-corrected chi connectivity index (χ2v) is 8.42. The summed E-state index contributed by atoms with van der Waals surface area (Å²) in [4.78, 5) is 9.31. The second-order valence-electron chi connectivity index (χ2n) is 8.42. The number of aryl methyl sites for hydroxylation is 1. The molecule has 1 aromatic carbocycles. The number of β-amino-alcohol motifs (C(OH)–C–C–N with tert-alkyl or cyclic N) is 1. The molecule has 1 saturated heterocycles. The maximum Gasteiger partial charge on any atom is 0.191 e. The first-order valence-electron chi connectivity index (χ1n) is 10.8. The fourth-order valence-corrected chi connectivity index (χ4v) is 4.02. The molecule has 1 unspecified atom stereocenters. The van der Waals surface area contributed by atoms with E-state index in [1.54, 1.807) is 0 Å². The number of morpholine rings is 1. The van der Waals surface area contributed by atoms with Gasteiger partial charge < -0.3 is 25.4 Å². The van der Waals surface area contributed by atoms with E-state index in [9.17, 15) is 5.11 Å². The predicted molar refractivity (Wildman–Crippen MR) is 119 cm³/mol. The normalized spacial score (nSPS) is 20.1. The molecule has 162 valence electrons. The Morgan fingerprint density at radius 2 is 2.03 bits per heavy atom. The van der Waals surface area contributed by atoms with Gasteiger partial charge in [-0.1, -0.05) is 12.1 Å². The predicted octanol–water partition coefficient (Wildman–Crippen LogP) is 1.21. The minimum absolute atomic E-state index is 0.450. The first kappa shape index (κ1) is 21.9. The average molecular weight is 404 g/mol. The van der Waals surface area contributed by atoms with Crippen molar-refractivity contribution in [2.24, 2.45) is 4.99 Å². The molecule has 7 heteroatoms. The molecular formula is C22H37N5O2. The summed E-state index contributed by atoms with van der Waals surface area (Å²) < 4.78 is 5.39. The van der Waals surface area contributed by atoms with Crippen LogP contribution >= 0.6 is 0 Å². The molecule has 29 heavy (non-hydrogen) atoms. The molecule has 2 heterocycles. The lowest BCUT2D eigenvalue weighted by atomic mass is 10.00. The highest BCUT2D eigenvalue weighted by atomic mass is 16.5. The van der Waals surface area contributed by atoms with Crippen LogP contribution in [0.3, 0.4) is 0 Å². The first-order valence-corrected chi connectivity index (χ1v) is 10.8. The molecule has 3 N–H and O–H groups in total. The van der Waals surface area contributed by atoms with Crippen molar-refractivity contribution < 1.29 is 9.84 Å². The topological polar surface area (TPSA) is 72.4 Å². The van der Waals surface area contributed by atoms with E-state index in [-0.39, 0.29) is 0 Å². The van der Waals surface area contributed by atoms with Crippen LogP contribution in [0.15, 0.2) is 23.2 Å². The van der Waals surface area contributed by atoms with Crippen molar-refractivity contribution in [1.82, 2.24) is 15.5 Å². The molecule has 1 aromatic rings. The summed E-state index contributed by atoms with van der Waals surface area (Å²) in [5.41, 5.74) is 3.14. The zero-order valence-corrected chi connectivity index (χ0v) is 18.2. The summed E-state index contributed by atoms with van der Waals surface area (Å²) in [5, 5.41) is 17.4. The van der Waals surface area contributed by atoms with Gasteiger partial charge in [0.2, 0.25) is 0 Å². The number of hydrogen-bond acceptors (Lipinski definition) is 5. The fourth-order valence-electron chi connectivity index (χ4n) is 4.02. The maximum absolute atomic E-state index is 10.8. The summed E-state index contributed by atoms with van der Waals surface area (Å²) >= 11 is 0. The number of guanidine groups is 1. The highest BCUT2D eigenvalue weighted by Gasteiger charge is 2.25. The number of nitrogens with zero attached hydrogens (tertiary/aromatic N) is 3. The Labute approximate surface area is 175 Å². The van der Waals surface area contributed by atoms with E-state index in [4.69, 9.17) is 9.73 Å². The molecule has 2 aliphatic rings. The van der Waals surface area contributed by atoms with Crippen LogP contribution in [0.25, 0.3) is 0 Å². The van der Waals surface area contributed by atoms with Gasteiger partial charge in [-0.2, -0.15) is 0 Å². The minimum Gasteiger partial charge on any atom is -0.387 e. The number of aliphatic hydroxyl groups is 1. The first-order chi connectivity index (χ1) is 14.0. The van der Waals surface area contributed by atoms with Crippen molar-refractivity contribution in [2.75, 3.05) is 64.4 Å². The Balaban J connectivity index is 1.56. The SMILES string of the molecule is CCNC(=NCc1ccc2c(c1)CCCN2C)NCC(C)(O)CN1CCOCC1. The number of benzene rings is 1. The molecule has 0 aromatic heterocycles. The number of anilines is 1. The van der Waals surface area contributed by atoms with E-state index in [1.807, 2.05) is 6.92 Å². The third kappa shape index (κ3) is 6.59.